The quantitative estimate of drug-likeness (QED) is 0.461. The van der Waals surface area contributed by atoms with Gasteiger partial charge in [0, 0.05) is 10.8 Å². The Morgan fingerprint density at radius 1 is 0.800 bits per heavy atom. The summed E-state index contributed by atoms with van der Waals surface area (Å²) in [5.41, 5.74) is 0.399. The van der Waals surface area contributed by atoms with Gasteiger partial charge >= 0.3 is 0 Å². The van der Waals surface area contributed by atoms with Gasteiger partial charge in [0.1, 0.15) is 0 Å². The maximum atomic E-state index is 9.64. The van der Waals surface area contributed by atoms with E-state index in [0.717, 1.165) is 0 Å². The van der Waals surface area contributed by atoms with Gasteiger partial charge in [0.05, 0.1) is 5.71 Å². The summed E-state index contributed by atoms with van der Waals surface area (Å²) in [6.45, 7) is 12.1. The molecule has 0 aromatic carbocycles. The lowest BCUT2D eigenvalue weighted by Gasteiger charge is -2.29. The molecule has 0 aromatic rings. The van der Waals surface area contributed by atoms with Crippen molar-refractivity contribution in [1.29, 1.82) is 0 Å². The Labute approximate surface area is 64.3 Å². The number of hydrogen-bond acceptors (Lipinski definition) is 0. The molecule has 0 bridgehead atoms. The molecule has 10 heavy (non-hydrogen) atoms. The van der Waals surface area contributed by atoms with Crippen molar-refractivity contribution in [1.82, 2.24) is 5.41 Å². The van der Waals surface area contributed by atoms with Crippen molar-refractivity contribution in [2.45, 2.75) is 41.5 Å². The van der Waals surface area contributed by atoms with Gasteiger partial charge in [-0.25, -0.2) is 0 Å². The molecular formula is C9H18N. The summed E-state index contributed by atoms with van der Waals surface area (Å²) in [5.74, 6) is 0. The van der Waals surface area contributed by atoms with Crippen LogP contribution in [-0.2, 0) is 0 Å². The maximum absolute atomic E-state index is 9.64. The summed E-state index contributed by atoms with van der Waals surface area (Å²) < 4.78 is 0. The van der Waals surface area contributed by atoms with Gasteiger partial charge in [0.2, 0.25) is 0 Å². The minimum Gasteiger partial charge on any atom is -0.159 e. The van der Waals surface area contributed by atoms with Crippen molar-refractivity contribution in [3.63, 3.8) is 0 Å². The molecule has 0 aliphatic carbocycles. The molecule has 0 heterocycles. The van der Waals surface area contributed by atoms with Crippen molar-refractivity contribution < 1.29 is 0 Å². The van der Waals surface area contributed by atoms with E-state index in [1.165, 1.54) is 0 Å². The second-order valence-electron chi connectivity index (χ2n) is 4.85. The first-order valence-corrected chi connectivity index (χ1v) is 3.72. The number of hydrogen-bond donors (Lipinski definition) is 0. The van der Waals surface area contributed by atoms with Crippen LogP contribution in [0.2, 0.25) is 0 Å². The molecule has 0 fully saturated rings. The Kier molecular flexibility index (Phi) is 2.29. The van der Waals surface area contributed by atoms with E-state index >= 15 is 0 Å². The predicted octanol–water partition coefficient (Wildman–Crippen LogP) is 2.32. The monoisotopic (exact) mass is 140 g/mol. The second kappa shape index (κ2) is 2.37. The van der Waals surface area contributed by atoms with Crippen LogP contribution in [0.4, 0.5) is 0 Å². The van der Waals surface area contributed by atoms with Crippen molar-refractivity contribution >= 4 is 5.71 Å². The highest BCUT2D eigenvalue weighted by molar-refractivity contribution is 5.91. The molecule has 1 heteroatoms. The largest absolute Gasteiger partial charge is 0.159 e. The molecule has 0 N–H and O–H groups in total. The van der Waals surface area contributed by atoms with Gasteiger partial charge in [-0.1, -0.05) is 41.5 Å². The molecule has 0 atom stereocenters. The third kappa shape index (κ3) is 2.51. The van der Waals surface area contributed by atoms with Gasteiger partial charge in [-0.2, -0.15) is 5.41 Å². The topological polar surface area (TPSA) is 22.3 Å². The van der Waals surface area contributed by atoms with E-state index in [1.807, 2.05) is 41.5 Å². The molecule has 0 unspecified atom stereocenters. The van der Waals surface area contributed by atoms with Crippen LogP contribution in [0.15, 0.2) is 0 Å². The lowest BCUT2D eigenvalue weighted by atomic mass is 9.75. The zero-order valence-corrected chi connectivity index (χ0v) is 7.95. The van der Waals surface area contributed by atoms with E-state index in [0.29, 0.717) is 5.71 Å². The Morgan fingerprint density at radius 3 is 1.00 bits per heavy atom. The fourth-order valence-electron chi connectivity index (χ4n) is 1.12. The molecule has 0 saturated heterocycles. The van der Waals surface area contributed by atoms with E-state index in [4.69, 9.17) is 0 Å². The molecule has 0 saturated carbocycles. The van der Waals surface area contributed by atoms with Crippen molar-refractivity contribution in [2.75, 3.05) is 0 Å². The third-order valence-electron chi connectivity index (χ3n) is 1.42. The Bertz CT molecular complexity index is 116. The standard InChI is InChI=1S/C9H18N/c1-8(2,3)7(10)9(4,5)6/h1-6H3. The molecule has 0 amide bonds. The highest BCUT2D eigenvalue weighted by Gasteiger charge is 2.28. The van der Waals surface area contributed by atoms with Crippen LogP contribution in [0.3, 0.4) is 0 Å². The van der Waals surface area contributed by atoms with Gasteiger partial charge in [0.15, 0.2) is 0 Å². The number of nitrogens with zero attached hydrogens (tertiary/aromatic N) is 1. The molecule has 0 aliphatic heterocycles. The van der Waals surface area contributed by atoms with Crippen LogP contribution in [0.1, 0.15) is 41.5 Å². The number of rotatable bonds is 0. The van der Waals surface area contributed by atoms with E-state index in [1.54, 1.807) is 0 Å². The third-order valence-corrected chi connectivity index (χ3v) is 1.42. The summed E-state index contributed by atoms with van der Waals surface area (Å²) in [4.78, 5) is 0. The van der Waals surface area contributed by atoms with Crippen molar-refractivity contribution in [3.05, 3.63) is 0 Å². The molecule has 1 nitrogen and oxygen atoms in total. The van der Waals surface area contributed by atoms with Crippen LogP contribution < -0.4 is 5.41 Å². The van der Waals surface area contributed by atoms with Gasteiger partial charge in [-0.3, -0.25) is 0 Å². The highest BCUT2D eigenvalue weighted by atomic mass is 14.5. The summed E-state index contributed by atoms with van der Waals surface area (Å²) in [5, 5.41) is 9.64. The van der Waals surface area contributed by atoms with Gasteiger partial charge in [-0.15, -0.1) is 0 Å². The molecule has 59 valence electrons. The Hall–Kier alpha value is -0.330. The fraction of sp³-hybridized carbons (Fsp3) is 0.889. The minimum absolute atomic E-state index is 0.0851. The molecular weight excluding hydrogens is 122 g/mol. The summed E-state index contributed by atoms with van der Waals surface area (Å²) in [6.07, 6.45) is 0. The zero-order chi connectivity index (χ0) is 8.58. The molecule has 0 aromatic heterocycles. The van der Waals surface area contributed by atoms with Crippen molar-refractivity contribution in [3.8, 4) is 0 Å². The SMILES string of the molecule is CC(C)(C)C(=[N])C(C)(C)C. The van der Waals surface area contributed by atoms with Crippen LogP contribution >= 0.6 is 0 Å². The maximum Gasteiger partial charge on any atom is 0.0512 e. The highest BCUT2D eigenvalue weighted by Crippen LogP contribution is 2.27. The van der Waals surface area contributed by atoms with Crippen LogP contribution in [0, 0.1) is 10.8 Å². The molecule has 0 rings (SSSR count). The molecule has 1 radical (unpaired) electrons. The van der Waals surface area contributed by atoms with Crippen molar-refractivity contribution in [2.24, 2.45) is 10.8 Å². The Balaban J connectivity index is 4.40. The van der Waals surface area contributed by atoms with E-state index in [-0.39, 0.29) is 10.8 Å². The average molecular weight is 140 g/mol. The summed E-state index contributed by atoms with van der Waals surface area (Å²) in [6, 6.07) is 0. The lowest BCUT2D eigenvalue weighted by Crippen LogP contribution is -2.33. The van der Waals surface area contributed by atoms with E-state index < -0.39 is 0 Å². The van der Waals surface area contributed by atoms with Gasteiger partial charge in [0.25, 0.3) is 0 Å². The van der Waals surface area contributed by atoms with Crippen LogP contribution in [0.25, 0.3) is 0 Å². The Morgan fingerprint density at radius 2 is 1.00 bits per heavy atom. The van der Waals surface area contributed by atoms with E-state index in [2.05, 4.69) is 0 Å². The van der Waals surface area contributed by atoms with Gasteiger partial charge in [-0.05, 0) is 0 Å². The first-order valence-electron chi connectivity index (χ1n) is 3.72. The molecule has 0 spiro atoms. The van der Waals surface area contributed by atoms with E-state index in [9.17, 15) is 5.41 Å². The lowest BCUT2D eigenvalue weighted by molar-refractivity contribution is 0.480. The minimum atomic E-state index is -0.0851. The van der Waals surface area contributed by atoms with Gasteiger partial charge < -0.3 is 0 Å². The first-order chi connectivity index (χ1) is 4.15. The summed E-state index contributed by atoms with van der Waals surface area (Å²) in [7, 11) is 0. The van der Waals surface area contributed by atoms with Crippen LogP contribution in [-0.4, -0.2) is 5.71 Å². The smallest absolute Gasteiger partial charge is 0.0512 e. The van der Waals surface area contributed by atoms with Crippen LogP contribution in [0.5, 0.6) is 0 Å². The second-order valence-corrected chi connectivity index (χ2v) is 4.85. The average Bonchev–Trinajstić information content (AvgIpc) is 1.59. The summed E-state index contributed by atoms with van der Waals surface area (Å²) >= 11 is 0. The zero-order valence-electron chi connectivity index (χ0n) is 7.95. The first kappa shape index (κ1) is 9.67. The molecule has 0 aliphatic rings. The predicted molar refractivity (Wildman–Crippen MR) is 46.1 cm³/mol. The fourth-order valence-corrected chi connectivity index (χ4v) is 1.12. The normalized spacial score (nSPS) is 13.4.